The summed E-state index contributed by atoms with van der Waals surface area (Å²) < 4.78 is 0. The molecule has 2 N–H and O–H groups in total. The summed E-state index contributed by atoms with van der Waals surface area (Å²) in [6, 6.07) is 0.443. The van der Waals surface area contributed by atoms with Crippen molar-refractivity contribution in [2.45, 2.75) is 89.1 Å². The van der Waals surface area contributed by atoms with Gasteiger partial charge in [-0.05, 0) is 38.0 Å². The smallest absolute Gasteiger partial charge is 0.323 e. The van der Waals surface area contributed by atoms with Gasteiger partial charge in [-0.25, -0.2) is 0 Å². The molecule has 2 aliphatic carbocycles. The first-order valence-electron chi connectivity index (χ1n) is 8.17. The zero-order valence-electron chi connectivity index (χ0n) is 12.3. The predicted molar refractivity (Wildman–Crippen MR) is 77.2 cm³/mol. The minimum Gasteiger partial charge on any atom is -0.480 e. The fourth-order valence-electron chi connectivity index (χ4n) is 3.99. The van der Waals surface area contributed by atoms with Crippen molar-refractivity contribution in [2.75, 3.05) is 0 Å². The van der Waals surface area contributed by atoms with Crippen molar-refractivity contribution < 1.29 is 9.90 Å². The molecule has 2 unspecified atom stereocenters. The number of carbonyl (C=O) groups is 1. The van der Waals surface area contributed by atoms with E-state index in [-0.39, 0.29) is 0 Å². The molecule has 0 radical (unpaired) electrons. The molecule has 0 heterocycles. The topological polar surface area (TPSA) is 49.3 Å². The zero-order valence-corrected chi connectivity index (χ0v) is 12.3. The van der Waals surface area contributed by atoms with Gasteiger partial charge in [0, 0.05) is 6.04 Å². The molecule has 0 aromatic carbocycles. The summed E-state index contributed by atoms with van der Waals surface area (Å²) in [7, 11) is 0. The van der Waals surface area contributed by atoms with Crippen LogP contribution < -0.4 is 5.32 Å². The molecule has 2 aliphatic rings. The van der Waals surface area contributed by atoms with Crippen LogP contribution in [0.1, 0.15) is 77.6 Å². The van der Waals surface area contributed by atoms with Gasteiger partial charge < -0.3 is 5.11 Å². The van der Waals surface area contributed by atoms with Gasteiger partial charge in [-0.3, -0.25) is 10.1 Å². The first-order valence-corrected chi connectivity index (χ1v) is 8.17. The van der Waals surface area contributed by atoms with E-state index in [1.165, 1.54) is 32.1 Å². The third kappa shape index (κ3) is 3.71. The van der Waals surface area contributed by atoms with Gasteiger partial charge >= 0.3 is 5.97 Å². The lowest BCUT2D eigenvalue weighted by atomic mass is 9.88. The summed E-state index contributed by atoms with van der Waals surface area (Å²) in [5, 5.41) is 13.3. The van der Waals surface area contributed by atoms with Gasteiger partial charge in [0.15, 0.2) is 0 Å². The van der Waals surface area contributed by atoms with E-state index in [1.54, 1.807) is 0 Å². The van der Waals surface area contributed by atoms with Gasteiger partial charge in [-0.15, -0.1) is 0 Å². The van der Waals surface area contributed by atoms with E-state index in [0.29, 0.717) is 6.04 Å². The lowest BCUT2D eigenvalue weighted by molar-refractivity contribution is -0.146. The summed E-state index contributed by atoms with van der Waals surface area (Å²) in [6.45, 7) is 2.23. The van der Waals surface area contributed by atoms with Crippen LogP contribution in [0.3, 0.4) is 0 Å². The van der Waals surface area contributed by atoms with Crippen LogP contribution in [-0.2, 0) is 4.79 Å². The molecule has 2 rings (SSSR count). The van der Waals surface area contributed by atoms with Crippen LogP contribution in [-0.4, -0.2) is 22.7 Å². The summed E-state index contributed by atoms with van der Waals surface area (Å²) >= 11 is 0. The second-order valence-electron chi connectivity index (χ2n) is 6.60. The van der Waals surface area contributed by atoms with Gasteiger partial charge in [0.2, 0.25) is 0 Å². The van der Waals surface area contributed by atoms with Crippen molar-refractivity contribution in [2.24, 2.45) is 5.92 Å². The maximum atomic E-state index is 11.8. The molecular formula is C16H29NO2. The number of aliphatic carboxylic acids is 1. The molecule has 0 saturated heterocycles. The van der Waals surface area contributed by atoms with Gasteiger partial charge in [-0.1, -0.05) is 45.4 Å². The number of rotatable bonds is 5. The van der Waals surface area contributed by atoms with Crippen LogP contribution in [0.15, 0.2) is 0 Å². The second-order valence-corrected chi connectivity index (χ2v) is 6.60. The molecule has 0 bridgehead atoms. The van der Waals surface area contributed by atoms with Crippen LogP contribution in [0.5, 0.6) is 0 Å². The Hall–Kier alpha value is -0.570. The first kappa shape index (κ1) is 14.8. The lowest BCUT2D eigenvalue weighted by Crippen LogP contribution is -2.55. The predicted octanol–water partition coefficient (Wildman–Crippen LogP) is 3.72. The zero-order chi connectivity index (χ0) is 13.7. The van der Waals surface area contributed by atoms with Gasteiger partial charge in [0.05, 0.1) is 0 Å². The molecule has 2 fully saturated rings. The molecule has 0 spiro atoms. The summed E-state index contributed by atoms with van der Waals surface area (Å²) in [6.07, 6.45) is 12.3. The Balaban J connectivity index is 1.99. The highest BCUT2D eigenvalue weighted by molar-refractivity contribution is 5.78. The van der Waals surface area contributed by atoms with Crippen molar-refractivity contribution in [3.63, 3.8) is 0 Å². The normalized spacial score (nSPS) is 33.2. The van der Waals surface area contributed by atoms with E-state index in [1.807, 2.05) is 0 Å². The molecule has 3 heteroatoms. The average Bonchev–Trinajstić information content (AvgIpc) is 2.79. The van der Waals surface area contributed by atoms with Crippen molar-refractivity contribution in [1.82, 2.24) is 5.32 Å². The molecule has 0 amide bonds. The van der Waals surface area contributed by atoms with Crippen LogP contribution in [0.2, 0.25) is 0 Å². The Kier molecular flexibility index (Phi) is 5.26. The van der Waals surface area contributed by atoms with E-state index in [0.717, 1.165) is 44.4 Å². The highest BCUT2D eigenvalue weighted by Gasteiger charge is 2.41. The molecule has 19 heavy (non-hydrogen) atoms. The second kappa shape index (κ2) is 6.74. The number of nitrogens with one attached hydrogen (secondary N) is 1. The summed E-state index contributed by atoms with van der Waals surface area (Å²) in [5.74, 6) is 0.133. The summed E-state index contributed by atoms with van der Waals surface area (Å²) in [5.41, 5.74) is -0.627. The van der Waals surface area contributed by atoms with Crippen molar-refractivity contribution >= 4 is 5.97 Å². The third-order valence-electron chi connectivity index (χ3n) is 5.14. The van der Waals surface area contributed by atoms with E-state index in [9.17, 15) is 9.90 Å². The quantitative estimate of drug-likeness (QED) is 0.746. The number of carboxylic acid groups (broad SMARTS) is 1. The molecule has 2 atom stereocenters. The highest BCUT2D eigenvalue weighted by Crippen LogP contribution is 2.34. The van der Waals surface area contributed by atoms with Crippen molar-refractivity contribution in [3.05, 3.63) is 0 Å². The molecular weight excluding hydrogens is 238 g/mol. The minimum atomic E-state index is -0.627. The van der Waals surface area contributed by atoms with E-state index >= 15 is 0 Å². The molecule has 0 aromatic heterocycles. The average molecular weight is 267 g/mol. The Morgan fingerprint density at radius 3 is 2.53 bits per heavy atom. The largest absolute Gasteiger partial charge is 0.480 e. The number of hydrogen-bond acceptors (Lipinski definition) is 2. The first-order chi connectivity index (χ1) is 9.16. The molecule has 3 nitrogen and oxygen atoms in total. The van der Waals surface area contributed by atoms with E-state index in [2.05, 4.69) is 12.2 Å². The Labute approximate surface area is 117 Å². The minimum absolute atomic E-state index is 0.443. The van der Waals surface area contributed by atoms with Crippen LogP contribution in [0, 0.1) is 5.92 Å². The van der Waals surface area contributed by atoms with Crippen LogP contribution in [0.4, 0.5) is 0 Å². The Bertz CT molecular complexity index is 299. The monoisotopic (exact) mass is 267 g/mol. The van der Waals surface area contributed by atoms with E-state index < -0.39 is 11.5 Å². The summed E-state index contributed by atoms with van der Waals surface area (Å²) in [4.78, 5) is 11.8. The van der Waals surface area contributed by atoms with Crippen LogP contribution in [0.25, 0.3) is 0 Å². The number of carboxylic acids is 1. The molecule has 2 saturated carbocycles. The molecule has 0 aliphatic heterocycles. The number of hydrogen-bond donors (Lipinski definition) is 2. The van der Waals surface area contributed by atoms with Gasteiger partial charge in [0.1, 0.15) is 5.54 Å². The van der Waals surface area contributed by atoms with Crippen LogP contribution >= 0.6 is 0 Å². The lowest BCUT2D eigenvalue weighted by Gasteiger charge is -2.33. The SMILES string of the molecule is CCCC1CCCC(NC2CCCC2)(C(=O)O)CC1. The highest BCUT2D eigenvalue weighted by atomic mass is 16.4. The van der Waals surface area contributed by atoms with Gasteiger partial charge in [0.25, 0.3) is 0 Å². The fraction of sp³-hybridized carbons (Fsp3) is 0.938. The Morgan fingerprint density at radius 2 is 1.89 bits per heavy atom. The third-order valence-corrected chi connectivity index (χ3v) is 5.14. The van der Waals surface area contributed by atoms with Gasteiger partial charge in [-0.2, -0.15) is 0 Å². The van der Waals surface area contributed by atoms with E-state index in [4.69, 9.17) is 0 Å². The maximum absolute atomic E-state index is 11.8. The van der Waals surface area contributed by atoms with Crippen molar-refractivity contribution in [1.29, 1.82) is 0 Å². The fourth-order valence-corrected chi connectivity index (χ4v) is 3.99. The van der Waals surface area contributed by atoms with Crippen molar-refractivity contribution in [3.8, 4) is 0 Å². The molecule has 0 aromatic rings. The molecule has 110 valence electrons. The Morgan fingerprint density at radius 1 is 1.16 bits per heavy atom. The standard InChI is InChI=1S/C16H29NO2/c1-2-6-13-7-5-11-16(12-10-13,15(18)19)17-14-8-3-4-9-14/h13-14,17H,2-12H2,1H3,(H,18,19). The maximum Gasteiger partial charge on any atom is 0.323 e.